The van der Waals surface area contributed by atoms with E-state index >= 15 is 0 Å². The van der Waals surface area contributed by atoms with Gasteiger partial charge in [0.25, 0.3) is 0 Å². The topological polar surface area (TPSA) is 180 Å². The highest BCUT2D eigenvalue weighted by Crippen LogP contribution is 2.33. The molecule has 0 aromatic heterocycles. The third-order valence-electron chi connectivity index (χ3n) is 3.23. The molecule has 0 saturated carbocycles. The predicted molar refractivity (Wildman–Crippen MR) is 88.1 cm³/mol. The molecular weight excluding hydrogens is 412 g/mol. The summed E-state index contributed by atoms with van der Waals surface area (Å²) in [5, 5.41) is 8.87. The number of fused-ring (bicyclic) bond motifs is 1. The van der Waals surface area contributed by atoms with Gasteiger partial charge in [-0.05, 0) is 23.6 Å². The van der Waals surface area contributed by atoms with E-state index in [1.165, 1.54) is 6.07 Å². The minimum atomic E-state index is -4.79. The molecule has 0 unspecified atom stereocenters. The fraction of sp³-hybridized carbons (Fsp3) is 0.167. The van der Waals surface area contributed by atoms with Crippen LogP contribution < -0.4 is 0 Å². The zero-order chi connectivity index (χ0) is 19.8. The summed E-state index contributed by atoms with van der Waals surface area (Å²) < 4.78 is 90.0. The minimum absolute atomic E-state index is 0.0871. The lowest BCUT2D eigenvalue weighted by molar-refractivity contribution is 0.284. The molecule has 0 spiro atoms. The van der Waals surface area contributed by atoms with Crippen molar-refractivity contribution in [3.63, 3.8) is 0 Å². The Morgan fingerprint density at radius 3 is 2.19 bits per heavy atom. The molecule has 26 heavy (non-hydrogen) atoms. The molecule has 2 N–H and O–H groups in total. The Labute approximate surface area is 148 Å². The number of hydrogen-bond acceptors (Lipinski definition) is 8. The lowest BCUT2D eigenvalue weighted by atomic mass is 10.1. The summed E-state index contributed by atoms with van der Waals surface area (Å²) >= 11 is 0. The van der Waals surface area contributed by atoms with Gasteiger partial charge in [-0.3, -0.25) is 9.11 Å². The molecule has 0 radical (unpaired) electrons. The number of sulfone groups is 1. The molecule has 14 heteroatoms. The van der Waals surface area contributed by atoms with Crippen LogP contribution in [0.5, 0.6) is 0 Å². The van der Waals surface area contributed by atoms with Gasteiger partial charge >= 0.3 is 26.2 Å². The SMILES string of the molecule is N#[N+]c1ccc2cc(S(=O)(=O)CCOS(=O)(=O)O)ccc2c1S(=O)(=O)O. The molecule has 11 nitrogen and oxygen atoms in total. The quantitative estimate of drug-likeness (QED) is 0.505. The van der Waals surface area contributed by atoms with Gasteiger partial charge in [0.05, 0.1) is 17.3 Å². The lowest BCUT2D eigenvalue weighted by Gasteiger charge is -2.07. The van der Waals surface area contributed by atoms with Crippen LogP contribution in [0.1, 0.15) is 0 Å². The van der Waals surface area contributed by atoms with Crippen molar-refractivity contribution in [3.8, 4) is 0 Å². The highest BCUT2D eigenvalue weighted by Gasteiger charge is 2.28. The second kappa shape index (κ2) is 6.87. The molecular formula is C12H11N2O9S3+. The minimum Gasteiger partial charge on any atom is -0.282 e. The van der Waals surface area contributed by atoms with Gasteiger partial charge in [-0.2, -0.15) is 16.8 Å². The Morgan fingerprint density at radius 1 is 1.00 bits per heavy atom. The van der Waals surface area contributed by atoms with Crippen LogP contribution in [0.25, 0.3) is 15.7 Å². The smallest absolute Gasteiger partial charge is 0.282 e. The van der Waals surface area contributed by atoms with Gasteiger partial charge < -0.3 is 0 Å². The van der Waals surface area contributed by atoms with Crippen LogP contribution in [0.3, 0.4) is 0 Å². The predicted octanol–water partition coefficient (Wildman–Crippen LogP) is 1.16. The average molecular weight is 423 g/mol. The Balaban J connectivity index is 2.52. The van der Waals surface area contributed by atoms with Gasteiger partial charge in [0.15, 0.2) is 19.7 Å². The second-order valence-corrected chi connectivity index (χ2v) is 9.50. The molecule has 0 saturated heterocycles. The number of rotatable bonds is 6. The maximum absolute atomic E-state index is 12.2. The first kappa shape index (κ1) is 20.2. The monoisotopic (exact) mass is 423 g/mol. The Bertz CT molecular complexity index is 1230. The summed E-state index contributed by atoms with van der Waals surface area (Å²) in [5.74, 6) is -0.770. The van der Waals surface area contributed by atoms with Crippen LogP contribution in [0.4, 0.5) is 5.69 Å². The first-order chi connectivity index (χ1) is 11.8. The molecule has 0 aliphatic rings. The van der Waals surface area contributed by atoms with Crippen molar-refractivity contribution in [1.29, 1.82) is 5.39 Å². The maximum Gasteiger partial charge on any atom is 0.406 e. The van der Waals surface area contributed by atoms with Gasteiger partial charge in [-0.15, -0.1) is 0 Å². The van der Waals surface area contributed by atoms with Crippen molar-refractivity contribution in [3.05, 3.63) is 35.3 Å². The summed E-state index contributed by atoms with van der Waals surface area (Å²) in [6, 6.07) is 5.54. The molecule has 2 aromatic carbocycles. The zero-order valence-corrected chi connectivity index (χ0v) is 15.1. The second-order valence-electron chi connectivity index (χ2n) is 4.94. The fourth-order valence-corrected chi connectivity index (χ4v) is 4.53. The normalized spacial score (nSPS) is 12.8. The van der Waals surface area contributed by atoms with E-state index in [1.54, 1.807) is 0 Å². The molecule has 2 aromatic rings. The number of diazo groups is 1. The number of nitrogens with zero attached hydrogens (tertiary/aromatic N) is 2. The van der Waals surface area contributed by atoms with Crippen molar-refractivity contribution in [2.24, 2.45) is 0 Å². The van der Waals surface area contributed by atoms with E-state index in [1.807, 2.05) is 0 Å². The van der Waals surface area contributed by atoms with E-state index in [-0.39, 0.29) is 15.7 Å². The van der Waals surface area contributed by atoms with E-state index in [9.17, 15) is 29.8 Å². The largest absolute Gasteiger partial charge is 0.406 e. The van der Waals surface area contributed by atoms with Crippen LogP contribution >= 0.6 is 0 Å². The number of hydrogen-bond donors (Lipinski definition) is 2. The molecule has 0 aliphatic carbocycles. The summed E-state index contributed by atoms with van der Waals surface area (Å²) in [4.78, 5) is 1.79. The van der Waals surface area contributed by atoms with Gasteiger partial charge in [0.2, 0.25) is 5.39 Å². The van der Waals surface area contributed by atoms with E-state index < -0.39 is 53.3 Å². The molecule has 0 atom stereocenters. The van der Waals surface area contributed by atoms with E-state index in [2.05, 4.69) is 9.16 Å². The molecule has 2 rings (SSSR count). The lowest BCUT2D eigenvalue weighted by Crippen LogP contribution is -2.15. The van der Waals surface area contributed by atoms with Crippen molar-refractivity contribution in [2.45, 2.75) is 9.79 Å². The van der Waals surface area contributed by atoms with Gasteiger partial charge in [0.1, 0.15) is 0 Å². The van der Waals surface area contributed by atoms with E-state index in [4.69, 9.17) is 9.95 Å². The average Bonchev–Trinajstić information content (AvgIpc) is 2.50. The third kappa shape index (κ3) is 4.52. The van der Waals surface area contributed by atoms with Crippen LogP contribution in [0, 0.1) is 5.39 Å². The van der Waals surface area contributed by atoms with Gasteiger partial charge in [-0.1, -0.05) is 6.07 Å². The maximum atomic E-state index is 12.2. The van der Waals surface area contributed by atoms with Crippen molar-refractivity contribution >= 4 is 46.8 Å². The van der Waals surface area contributed by atoms with E-state index in [0.717, 1.165) is 24.3 Å². The highest BCUT2D eigenvalue weighted by atomic mass is 32.3. The standard InChI is InChI=1S/C12H10N2O9S3/c13-14-11-4-1-8-7-9(2-3-10(8)12(11)25(17,18)19)24(15,16)6-5-23-26(20,21)22/h1-4,7H,5-6H2,(H-,17,18,19,20,21,22)/p+1. The molecule has 0 bridgehead atoms. The Morgan fingerprint density at radius 2 is 1.65 bits per heavy atom. The molecule has 0 amide bonds. The number of benzene rings is 2. The zero-order valence-electron chi connectivity index (χ0n) is 12.7. The van der Waals surface area contributed by atoms with Gasteiger partial charge in [-0.25, -0.2) is 12.6 Å². The summed E-state index contributed by atoms with van der Waals surface area (Å²) in [5.41, 5.74) is -0.433. The van der Waals surface area contributed by atoms with E-state index in [0.29, 0.717) is 0 Å². The molecule has 0 fully saturated rings. The third-order valence-corrected chi connectivity index (χ3v) is 6.32. The fourth-order valence-electron chi connectivity index (χ4n) is 2.18. The van der Waals surface area contributed by atoms with Crippen molar-refractivity contribution in [2.75, 3.05) is 12.4 Å². The van der Waals surface area contributed by atoms with Gasteiger partial charge in [0, 0.05) is 11.5 Å². The first-order valence-corrected chi connectivity index (χ1v) is 11.0. The molecule has 0 aliphatic heterocycles. The molecule has 140 valence electrons. The Kier molecular flexibility index (Phi) is 5.33. The van der Waals surface area contributed by atoms with Crippen LogP contribution in [-0.4, -0.2) is 46.7 Å². The van der Waals surface area contributed by atoms with Crippen molar-refractivity contribution in [1.82, 2.24) is 0 Å². The van der Waals surface area contributed by atoms with Crippen LogP contribution in [0.15, 0.2) is 40.1 Å². The summed E-state index contributed by atoms with van der Waals surface area (Å²) in [6.07, 6.45) is 0. The van der Waals surface area contributed by atoms with Crippen molar-refractivity contribution < 1.29 is 38.5 Å². The summed E-state index contributed by atoms with van der Waals surface area (Å²) in [7, 11) is -13.6. The highest BCUT2D eigenvalue weighted by molar-refractivity contribution is 7.91. The van der Waals surface area contributed by atoms with Crippen LogP contribution in [0.2, 0.25) is 0 Å². The summed E-state index contributed by atoms with van der Waals surface area (Å²) in [6.45, 7) is -0.822. The van der Waals surface area contributed by atoms with Crippen LogP contribution in [-0.2, 0) is 34.5 Å². The first-order valence-electron chi connectivity index (χ1n) is 6.59. The molecule has 0 heterocycles. The Hall–Kier alpha value is -2.15.